The highest BCUT2D eigenvalue weighted by Crippen LogP contribution is 2.23. The Kier molecular flexibility index (Phi) is 7.97. The highest BCUT2D eigenvalue weighted by Gasteiger charge is 2.21. The van der Waals surface area contributed by atoms with Gasteiger partial charge in [0.2, 0.25) is 0 Å². The first-order valence-corrected chi connectivity index (χ1v) is 10.1. The summed E-state index contributed by atoms with van der Waals surface area (Å²) in [6, 6.07) is 24.2. The average molecular weight is 432 g/mol. The Bertz CT molecular complexity index is 1050. The summed E-state index contributed by atoms with van der Waals surface area (Å²) >= 11 is 0. The van der Waals surface area contributed by atoms with Crippen molar-refractivity contribution in [3.8, 4) is 5.75 Å². The second-order valence-corrected chi connectivity index (χ2v) is 6.92. The van der Waals surface area contributed by atoms with Gasteiger partial charge < -0.3 is 20.1 Å². The number of para-hydroxylation sites is 2. The number of nitrogens with one attached hydrogen (secondary N) is 2. The largest absolute Gasteiger partial charge is 0.495 e. The zero-order valence-electron chi connectivity index (χ0n) is 17.6. The van der Waals surface area contributed by atoms with Gasteiger partial charge in [-0.2, -0.15) is 0 Å². The van der Waals surface area contributed by atoms with Crippen LogP contribution in [-0.4, -0.2) is 31.5 Å². The predicted molar refractivity (Wildman–Crippen MR) is 120 cm³/mol. The van der Waals surface area contributed by atoms with E-state index in [2.05, 4.69) is 10.6 Å². The van der Waals surface area contributed by atoms with E-state index in [1.807, 2.05) is 36.4 Å². The molecule has 2 N–H and O–H groups in total. The summed E-state index contributed by atoms with van der Waals surface area (Å²) < 4.78 is 10.3. The molecule has 0 spiro atoms. The van der Waals surface area contributed by atoms with Crippen molar-refractivity contribution in [2.45, 2.75) is 12.5 Å². The molecule has 1 atom stereocenters. The minimum atomic E-state index is -0.609. The van der Waals surface area contributed by atoms with Gasteiger partial charge in [0.1, 0.15) is 5.75 Å². The first kappa shape index (κ1) is 22.6. The molecule has 0 fully saturated rings. The number of methoxy groups -OCH3 is 1. The molecule has 0 bridgehead atoms. The monoisotopic (exact) mass is 432 g/mol. The number of hydrogen-bond acceptors (Lipinski definition) is 5. The Morgan fingerprint density at radius 2 is 1.47 bits per heavy atom. The lowest BCUT2D eigenvalue weighted by Gasteiger charge is -2.19. The molecule has 0 aromatic heterocycles. The molecule has 3 aromatic rings. The second kappa shape index (κ2) is 11.3. The Morgan fingerprint density at radius 3 is 2.16 bits per heavy atom. The summed E-state index contributed by atoms with van der Waals surface area (Å²) in [6.45, 7) is -0.453. The van der Waals surface area contributed by atoms with Crippen molar-refractivity contribution in [2.24, 2.45) is 0 Å². The van der Waals surface area contributed by atoms with E-state index in [-0.39, 0.29) is 12.3 Å². The standard InChI is InChI=1S/C25H24N2O5/c1-31-22-15-9-8-14-20(22)26-23(28)17-32-24(29)16-21(18-10-4-2-5-11-18)27-25(30)19-12-6-3-7-13-19/h2-15,21H,16-17H2,1H3,(H,26,28)(H,27,30). The lowest BCUT2D eigenvalue weighted by atomic mass is 10.0. The zero-order chi connectivity index (χ0) is 22.8. The van der Waals surface area contributed by atoms with Gasteiger partial charge in [-0.3, -0.25) is 14.4 Å². The lowest BCUT2D eigenvalue weighted by Crippen LogP contribution is -2.31. The van der Waals surface area contributed by atoms with Gasteiger partial charge in [0.15, 0.2) is 6.61 Å². The highest BCUT2D eigenvalue weighted by atomic mass is 16.5. The second-order valence-electron chi connectivity index (χ2n) is 6.92. The molecule has 3 aromatic carbocycles. The molecule has 0 saturated carbocycles. The van der Waals surface area contributed by atoms with Crippen LogP contribution in [0.3, 0.4) is 0 Å². The molecule has 7 heteroatoms. The maximum Gasteiger partial charge on any atom is 0.308 e. The van der Waals surface area contributed by atoms with Gasteiger partial charge in [0.05, 0.1) is 25.3 Å². The van der Waals surface area contributed by atoms with Gasteiger partial charge in [-0.1, -0.05) is 60.7 Å². The molecule has 0 aliphatic heterocycles. The van der Waals surface area contributed by atoms with Crippen LogP contribution in [0, 0.1) is 0 Å². The lowest BCUT2D eigenvalue weighted by molar-refractivity contribution is -0.147. The van der Waals surface area contributed by atoms with Crippen LogP contribution in [0.5, 0.6) is 5.75 Å². The summed E-state index contributed by atoms with van der Waals surface area (Å²) in [5, 5.41) is 5.51. The van der Waals surface area contributed by atoms with E-state index in [1.165, 1.54) is 7.11 Å². The fourth-order valence-electron chi connectivity index (χ4n) is 3.07. The third-order valence-electron chi connectivity index (χ3n) is 4.66. The fourth-order valence-corrected chi connectivity index (χ4v) is 3.07. The number of rotatable bonds is 9. The Hall–Kier alpha value is -4.13. The first-order valence-electron chi connectivity index (χ1n) is 10.1. The summed E-state index contributed by atoms with van der Waals surface area (Å²) in [4.78, 5) is 37.2. The van der Waals surface area contributed by atoms with Crippen LogP contribution in [0.4, 0.5) is 5.69 Å². The molecule has 0 saturated heterocycles. The molecule has 1 unspecified atom stereocenters. The van der Waals surface area contributed by atoms with Crippen LogP contribution < -0.4 is 15.4 Å². The van der Waals surface area contributed by atoms with Crippen LogP contribution >= 0.6 is 0 Å². The number of esters is 1. The number of anilines is 1. The van der Waals surface area contributed by atoms with Gasteiger partial charge in [-0.05, 0) is 29.8 Å². The highest BCUT2D eigenvalue weighted by molar-refractivity contribution is 5.95. The van der Waals surface area contributed by atoms with Crippen LogP contribution in [0.15, 0.2) is 84.9 Å². The van der Waals surface area contributed by atoms with Crippen LogP contribution in [0.1, 0.15) is 28.4 Å². The maximum atomic E-state index is 12.6. The summed E-state index contributed by atoms with van der Waals surface area (Å²) in [7, 11) is 1.50. The van der Waals surface area contributed by atoms with Crippen LogP contribution in [0.2, 0.25) is 0 Å². The topological polar surface area (TPSA) is 93.7 Å². The van der Waals surface area contributed by atoms with Crippen molar-refractivity contribution in [3.63, 3.8) is 0 Å². The molecule has 164 valence electrons. The van der Waals surface area contributed by atoms with Crippen molar-refractivity contribution < 1.29 is 23.9 Å². The van der Waals surface area contributed by atoms with Crippen molar-refractivity contribution in [2.75, 3.05) is 19.0 Å². The Morgan fingerprint density at radius 1 is 0.844 bits per heavy atom. The number of ether oxygens (including phenoxy) is 2. The minimum absolute atomic E-state index is 0.121. The van der Waals surface area contributed by atoms with E-state index in [0.717, 1.165) is 5.56 Å². The SMILES string of the molecule is COc1ccccc1NC(=O)COC(=O)CC(NC(=O)c1ccccc1)c1ccccc1. The Balaban J connectivity index is 1.60. The number of amides is 2. The molecule has 7 nitrogen and oxygen atoms in total. The Labute approximate surface area is 186 Å². The number of carbonyl (C=O) groups excluding carboxylic acids is 3. The predicted octanol–water partition coefficient (Wildman–Crippen LogP) is 3.74. The van der Waals surface area contributed by atoms with Crippen molar-refractivity contribution in [1.82, 2.24) is 5.32 Å². The molecule has 2 amide bonds. The summed E-state index contributed by atoms with van der Waals surface area (Å²) in [6.07, 6.45) is -0.121. The molecule has 0 radical (unpaired) electrons. The number of benzene rings is 3. The van der Waals surface area contributed by atoms with Gasteiger partial charge in [0.25, 0.3) is 11.8 Å². The number of hydrogen-bond donors (Lipinski definition) is 2. The average Bonchev–Trinajstić information content (AvgIpc) is 2.83. The molecule has 0 aliphatic rings. The third-order valence-corrected chi connectivity index (χ3v) is 4.66. The van der Waals surface area contributed by atoms with Crippen molar-refractivity contribution in [1.29, 1.82) is 0 Å². The quantitative estimate of drug-likeness (QED) is 0.503. The molecular weight excluding hydrogens is 408 g/mol. The smallest absolute Gasteiger partial charge is 0.308 e. The van der Waals surface area contributed by atoms with Crippen molar-refractivity contribution >= 4 is 23.5 Å². The third kappa shape index (κ3) is 6.43. The molecule has 0 heterocycles. The van der Waals surface area contributed by atoms with Gasteiger partial charge in [-0.25, -0.2) is 0 Å². The summed E-state index contributed by atoms with van der Waals surface area (Å²) in [5.41, 5.74) is 1.72. The normalized spacial score (nSPS) is 11.2. The van der Waals surface area contributed by atoms with Crippen LogP contribution in [-0.2, 0) is 14.3 Å². The van der Waals surface area contributed by atoms with E-state index in [0.29, 0.717) is 17.0 Å². The minimum Gasteiger partial charge on any atom is -0.495 e. The molecule has 0 aliphatic carbocycles. The maximum absolute atomic E-state index is 12.6. The zero-order valence-corrected chi connectivity index (χ0v) is 17.6. The van der Waals surface area contributed by atoms with E-state index in [4.69, 9.17) is 9.47 Å². The van der Waals surface area contributed by atoms with Gasteiger partial charge in [-0.15, -0.1) is 0 Å². The first-order chi connectivity index (χ1) is 15.6. The van der Waals surface area contributed by atoms with E-state index < -0.39 is 24.5 Å². The van der Waals surface area contributed by atoms with Crippen LogP contribution in [0.25, 0.3) is 0 Å². The van der Waals surface area contributed by atoms with Gasteiger partial charge in [0, 0.05) is 5.56 Å². The number of carbonyl (C=O) groups is 3. The van der Waals surface area contributed by atoms with E-state index >= 15 is 0 Å². The van der Waals surface area contributed by atoms with E-state index in [9.17, 15) is 14.4 Å². The molecule has 3 rings (SSSR count). The van der Waals surface area contributed by atoms with Crippen molar-refractivity contribution in [3.05, 3.63) is 96.1 Å². The van der Waals surface area contributed by atoms with Gasteiger partial charge >= 0.3 is 5.97 Å². The fraction of sp³-hybridized carbons (Fsp3) is 0.160. The van der Waals surface area contributed by atoms with E-state index in [1.54, 1.807) is 48.5 Å². The molecular formula is C25H24N2O5. The summed E-state index contributed by atoms with van der Waals surface area (Å²) in [5.74, 6) is -0.907. The molecule has 32 heavy (non-hydrogen) atoms.